The minimum Gasteiger partial charge on any atom is -0.399 e. The number of nitrogens with one attached hydrogen (secondary N) is 1. The van der Waals surface area contributed by atoms with Crippen LogP contribution in [0.2, 0.25) is 0 Å². The molecular weight excluding hydrogens is 241 g/mol. The molecule has 1 aliphatic rings. The fourth-order valence-corrected chi connectivity index (χ4v) is 2.31. The first-order valence-electron chi connectivity index (χ1n) is 5.94. The van der Waals surface area contributed by atoms with Crippen molar-refractivity contribution >= 4 is 5.69 Å². The quantitative estimate of drug-likeness (QED) is 0.800. The smallest absolute Gasteiger partial charge is 0.151 e. The molecule has 0 bridgehead atoms. The van der Waals surface area contributed by atoms with E-state index < -0.39 is 17.9 Å². The Morgan fingerprint density at radius 1 is 1.39 bits per heavy atom. The fourth-order valence-electron chi connectivity index (χ4n) is 2.31. The normalized spacial score (nSPS) is 32.4. The lowest BCUT2D eigenvalue weighted by Gasteiger charge is -2.41. The summed E-state index contributed by atoms with van der Waals surface area (Å²) in [6.07, 6.45) is 0.398. The molecule has 0 saturated carbocycles. The molecule has 1 aromatic carbocycles. The van der Waals surface area contributed by atoms with Crippen molar-refractivity contribution in [1.29, 1.82) is 0 Å². The first kappa shape index (κ1) is 13.2. The SMILES string of the molecule is C[C@@]1(c2cc(N)ccc2F)CC[C@@](F)(CF)CN1. The van der Waals surface area contributed by atoms with Gasteiger partial charge in [0.1, 0.15) is 12.5 Å². The van der Waals surface area contributed by atoms with Gasteiger partial charge in [-0.1, -0.05) is 0 Å². The van der Waals surface area contributed by atoms with Gasteiger partial charge in [-0.2, -0.15) is 0 Å². The monoisotopic (exact) mass is 258 g/mol. The minimum atomic E-state index is -1.84. The summed E-state index contributed by atoms with van der Waals surface area (Å²) in [5.41, 5.74) is 3.96. The third-order valence-electron chi connectivity index (χ3n) is 3.69. The van der Waals surface area contributed by atoms with Crippen molar-refractivity contribution in [3.63, 3.8) is 0 Å². The van der Waals surface area contributed by atoms with Crippen LogP contribution in [0.4, 0.5) is 18.9 Å². The Labute approximate surface area is 104 Å². The lowest BCUT2D eigenvalue weighted by molar-refractivity contribution is 0.0499. The zero-order chi connectivity index (χ0) is 13.4. The minimum absolute atomic E-state index is 0.0707. The number of piperidine rings is 1. The van der Waals surface area contributed by atoms with Crippen LogP contribution >= 0.6 is 0 Å². The molecule has 2 atom stereocenters. The van der Waals surface area contributed by atoms with Crippen LogP contribution in [-0.4, -0.2) is 18.9 Å². The van der Waals surface area contributed by atoms with Crippen molar-refractivity contribution in [3.05, 3.63) is 29.6 Å². The number of rotatable bonds is 2. The third-order valence-corrected chi connectivity index (χ3v) is 3.69. The predicted octanol–water partition coefficient (Wildman–Crippen LogP) is 2.68. The van der Waals surface area contributed by atoms with E-state index >= 15 is 0 Å². The Morgan fingerprint density at radius 3 is 2.67 bits per heavy atom. The largest absolute Gasteiger partial charge is 0.399 e. The number of hydrogen-bond acceptors (Lipinski definition) is 2. The maximum Gasteiger partial charge on any atom is 0.151 e. The molecule has 5 heteroatoms. The Kier molecular flexibility index (Phi) is 3.27. The first-order chi connectivity index (χ1) is 8.38. The van der Waals surface area contributed by atoms with Gasteiger partial charge in [0.05, 0.1) is 0 Å². The molecule has 1 aliphatic heterocycles. The van der Waals surface area contributed by atoms with E-state index in [1.165, 1.54) is 12.1 Å². The molecular formula is C13H17F3N2. The van der Waals surface area contributed by atoms with Crippen LogP contribution in [0.1, 0.15) is 25.3 Å². The van der Waals surface area contributed by atoms with Gasteiger partial charge in [0.25, 0.3) is 0 Å². The maximum absolute atomic E-state index is 13.8. The van der Waals surface area contributed by atoms with Gasteiger partial charge < -0.3 is 11.1 Å². The Hall–Kier alpha value is -1.23. The molecule has 0 radical (unpaired) electrons. The molecule has 1 fully saturated rings. The van der Waals surface area contributed by atoms with Crippen molar-refractivity contribution in [2.24, 2.45) is 0 Å². The topological polar surface area (TPSA) is 38.0 Å². The van der Waals surface area contributed by atoms with Crippen LogP contribution < -0.4 is 11.1 Å². The first-order valence-corrected chi connectivity index (χ1v) is 5.94. The van der Waals surface area contributed by atoms with Crippen LogP contribution in [0.3, 0.4) is 0 Å². The summed E-state index contributed by atoms with van der Waals surface area (Å²) in [7, 11) is 0. The third kappa shape index (κ3) is 2.32. The molecule has 2 nitrogen and oxygen atoms in total. The standard InChI is InChI=1S/C13H17F3N2/c1-12(4-5-13(16,7-14)8-18-12)10-6-9(17)2-3-11(10)15/h2-3,6,18H,4-5,7-8,17H2,1H3/t12-,13+/m0/s1. The van der Waals surface area contributed by atoms with E-state index in [1.807, 2.05) is 0 Å². The molecule has 2 rings (SSSR count). The number of hydrogen-bond donors (Lipinski definition) is 2. The van der Waals surface area contributed by atoms with Gasteiger partial charge in [0.15, 0.2) is 5.67 Å². The number of benzene rings is 1. The zero-order valence-electron chi connectivity index (χ0n) is 10.3. The number of anilines is 1. The summed E-state index contributed by atoms with van der Waals surface area (Å²) < 4.78 is 40.1. The number of nitrogen functional groups attached to an aromatic ring is 1. The Bertz CT molecular complexity index is 440. The van der Waals surface area contributed by atoms with Crippen molar-refractivity contribution in [3.8, 4) is 0 Å². The highest BCUT2D eigenvalue weighted by Crippen LogP contribution is 2.37. The molecule has 18 heavy (non-hydrogen) atoms. The second kappa shape index (κ2) is 4.46. The lowest BCUT2D eigenvalue weighted by Crippen LogP contribution is -2.54. The predicted molar refractivity (Wildman–Crippen MR) is 65.2 cm³/mol. The van der Waals surface area contributed by atoms with Gasteiger partial charge in [-0.05, 0) is 38.0 Å². The van der Waals surface area contributed by atoms with Gasteiger partial charge in [0.2, 0.25) is 0 Å². The molecule has 1 saturated heterocycles. The number of nitrogens with two attached hydrogens (primary N) is 1. The van der Waals surface area contributed by atoms with Crippen molar-refractivity contribution in [2.75, 3.05) is 19.0 Å². The van der Waals surface area contributed by atoms with E-state index in [0.29, 0.717) is 17.7 Å². The van der Waals surface area contributed by atoms with Crippen LogP contribution in [0.25, 0.3) is 0 Å². The summed E-state index contributed by atoms with van der Waals surface area (Å²) >= 11 is 0. The second-order valence-electron chi connectivity index (χ2n) is 5.21. The highest BCUT2D eigenvalue weighted by molar-refractivity contribution is 5.44. The van der Waals surface area contributed by atoms with Crippen LogP contribution in [-0.2, 0) is 5.54 Å². The average molecular weight is 258 g/mol. The molecule has 0 spiro atoms. The summed E-state index contributed by atoms with van der Waals surface area (Å²) in [6.45, 7) is 0.645. The number of alkyl halides is 2. The Morgan fingerprint density at radius 2 is 2.11 bits per heavy atom. The van der Waals surface area contributed by atoms with Gasteiger partial charge in [-0.15, -0.1) is 0 Å². The molecule has 0 aromatic heterocycles. The molecule has 0 aliphatic carbocycles. The highest BCUT2D eigenvalue weighted by atomic mass is 19.2. The molecule has 3 N–H and O–H groups in total. The van der Waals surface area contributed by atoms with Crippen molar-refractivity contribution in [1.82, 2.24) is 5.32 Å². The molecule has 0 unspecified atom stereocenters. The van der Waals surface area contributed by atoms with Crippen LogP contribution in [0.5, 0.6) is 0 Å². The Balaban J connectivity index is 2.26. The molecule has 100 valence electrons. The van der Waals surface area contributed by atoms with E-state index in [0.717, 1.165) is 0 Å². The van der Waals surface area contributed by atoms with Crippen molar-refractivity contribution < 1.29 is 13.2 Å². The molecule has 1 heterocycles. The van der Waals surface area contributed by atoms with E-state index in [1.54, 1.807) is 13.0 Å². The summed E-state index contributed by atoms with van der Waals surface area (Å²) in [6, 6.07) is 4.32. The van der Waals surface area contributed by atoms with Gasteiger partial charge in [0, 0.05) is 23.3 Å². The highest BCUT2D eigenvalue weighted by Gasteiger charge is 2.42. The fraction of sp³-hybridized carbons (Fsp3) is 0.538. The molecule has 1 aromatic rings. The lowest BCUT2D eigenvalue weighted by atomic mass is 9.79. The maximum atomic E-state index is 13.8. The van der Waals surface area contributed by atoms with Crippen molar-refractivity contribution in [2.45, 2.75) is 31.0 Å². The van der Waals surface area contributed by atoms with E-state index in [9.17, 15) is 13.2 Å². The van der Waals surface area contributed by atoms with Gasteiger partial charge in [-0.3, -0.25) is 0 Å². The number of halogens is 3. The van der Waals surface area contributed by atoms with Gasteiger partial charge in [-0.25, -0.2) is 13.2 Å². The van der Waals surface area contributed by atoms with Crippen LogP contribution in [0, 0.1) is 5.82 Å². The van der Waals surface area contributed by atoms with E-state index in [-0.39, 0.29) is 18.8 Å². The summed E-state index contributed by atoms with van der Waals surface area (Å²) in [4.78, 5) is 0. The van der Waals surface area contributed by atoms with Gasteiger partial charge >= 0.3 is 0 Å². The van der Waals surface area contributed by atoms with E-state index in [4.69, 9.17) is 5.73 Å². The summed E-state index contributed by atoms with van der Waals surface area (Å²) in [5.74, 6) is -0.384. The second-order valence-corrected chi connectivity index (χ2v) is 5.21. The van der Waals surface area contributed by atoms with E-state index in [2.05, 4.69) is 5.32 Å². The summed E-state index contributed by atoms with van der Waals surface area (Å²) in [5, 5.41) is 2.91. The zero-order valence-corrected chi connectivity index (χ0v) is 10.3. The molecule has 0 amide bonds. The van der Waals surface area contributed by atoms with Crippen LogP contribution in [0.15, 0.2) is 18.2 Å². The average Bonchev–Trinajstić information content (AvgIpc) is 2.36.